The number of carbonyl (C=O) groups is 1. The van der Waals surface area contributed by atoms with E-state index in [1.165, 1.54) is 0 Å². The van der Waals surface area contributed by atoms with E-state index in [0.29, 0.717) is 13.0 Å². The number of rotatable bonds is 7. The van der Waals surface area contributed by atoms with Crippen molar-refractivity contribution in [3.63, 3.8) is 0 Å². The second-order valence-corrected chi connectivity index (χ2v) is 8.20. The van der Waals surface area contributed by atoms with Crippen LogP contribution < -0.4 is 5.32 Å². The lowest BCUT2D eigenvalue weighted by atomic mass is 10.1. The number of halogens is 1. The van der Waals surface area contributed by atoms with E-state index in [2.05, 4.69) is 5.32 Å². The molecule has 1 amide bonds. The lowest BCUT2D eigenvalue weighted by Crippen LogP contribution is -2.28. The minimum absolute atomic E-state index is 0.0255. The van der Waals surface area contributed by atoms with Crippen molar-refractivity contribution in [1.82, 2.24) is 5.32 Å². The third kappa shape index (κ3) is 5.93. The second kappa shape index (κ2) is 6.66. The molecule has 1 N–H and O–H groups in total. The minimum Gasteiger partial charge on any atom is -0.445 e. The first-order chi connectivity index (χ1) is 9.89. The normalized spacial score (nSPS) is 16.2. The maximum atomic E-state index is 11.5. The Morgan fingerprint density at radius 1 is 1.29 bits per heavy atom. The van der Waals surface area contributed by atoms with Crippen molar-refractivity contribution >= 4 is 25.8 Å². The monoisotopic (exact) mass is 331 g/mol. The number of hydrogen-bond acceptors (Lipinski definition) is 4. The van der Waals surface area contributed by atoms with Gasteiger partial charge in [0.05, 0.1) is 5.75 Å². The first-order valence-corrected chi connectivity index (χ1v) is 9.23. The summed E-state index contributed by atoms with van der Waals surface area (Å²) in [7, 11) is 1.79. The van der Waals surface area contributed by atoms with Gasteiger partial charge in [0.1, 0.15) is 6.61 Å². The molecule has 0 heterocycles. The van der Waals surface area contributed by atoms with Gasteiger partial charge in [-0.3, -0.25) is 0 Å². The Labute approximate surface area is 129 Å². The summed E-state index contributed by atoms with van der Waals surface area (Å²) in [5.74, 6) is -0.0255. The summed E-state index contributed by atoms with van der Waals surface area (Å²) < 4.78 is 27.3. The van der Waals surface area contributed by atoms with Gasteiger partial charge in [-0.05, 0) is 30.2 Å². The molecule has 116 valence electrons. The summed E-state index contributed by atoms with van der Waals surface area (Å²) in [6.07, 6.45) is 1.77. The molecule has 1 aromatic rings. The molecule has 1 aliphatic rings. The van der Waals surface area contributed by atoms with Gasteiger partial charge in [-0.25, -0.2) is 13.2 Å². The zero-order chi connectivity index (χ0) is 15.3. The van der Waals surface area contributed by atoms with E-state index in [-0.39, 0.29) is 17.8 Å². The fourth-order valence-corrected chi connectivity index (χ4v) is 4.07. The first-order valence-electron chi connectivity index (χ1n) is 6.76. The summed E-state index contributed by atoms with van der Waals surface area (Å²) in [5.41, 5.74) is 0.660. The summed E-state index contributed by atoms with van der Waals surface area (Å²) in [6, 6.07) is 9.39. The molecule has 0 unspecified atom stereocenters. The number of ether oxygens (including phenoxy) is 1. The number of benzene rings is 1. The largest absolute Gasteiger partial charge is 0.445 e. The predicted octanol–water partition coefficient (Wildman–Crippen LogP) is 2.65. The van der Waals surface area contributed by atoms with Crippen molar-refractivity contribution in [3.05, 3.63) is 35.9 Å². The van der Waals surface area contributed by atoms with Gasteiger partial charge in [0.2, 0.25) is 9.05 Å². The van der Waals surface area contributed by atoms with Gasteiger partial charge in [0.25, 0.3) is 0 Å². The molecule has 0 aliphatic heterocycles. The molecule has 5 nitrogen and oxygen atoms in total. The minimum atomic E-state index is -3.49. The SMILES string of the molecule is O=C(NCCC1(CS(=O)(=O)Cl)CC1)OCc1ccccc1. The Kier molecular flexibility index (Phi) is 5.11. The lowest BCUT2D eigenvalue weighted by Gasteiger charge is -2.13. The molecule has 1 aliphatic carbocycles. The van der Waals surface area contributed by atoms with Crippen LogP contribution in [-0.2, 0) is 20.4 Å². The van der Waals surface area contributed by atoms with Gasteiger partial charge in [0.15, 0.2) is 0 Å². The van der Waals surface area contributed by atoms with Crippen LogP contribution in [0.3, 0.4) is 0 Å². The average Bonchev–Trinajstić information content (AvgIpc) is 3.15. The van der Waals surface area contributed by atoms with Crippen molar-refractivity contribution in [2.75, 3.05) is 12.3 Å². The first kappa shape index (κ1) is 16.1. The van der Waals surface area contributed by atoms with Crippen molar-refractivity contribution < 1.29 is 17.9 Å². The van der Waals surface area contributed by atoms with Crippen LogP contribution >= 0.6 is 10.7 Å². The molecule has 0 spiro atoms. The highest BCUT2D eigenvalue weighted by molar-refractivity contribution is 8.13. The van der Waals surface area contributed by atoms with Gasteiger partial charge in [-0.1, -0.05) is 30.3 Å². The van der Waals surface area contributed by atoms with Crippen LogP contribution in [0.4, 0.5) is 4.79 Å². The highest BCUT2D eigenvalue weighted by Gasteiger charge is 2.45. The zero-order valence-electron chi connectivity index (χ0n) is 11.5. The molecule has 0 atom stereocenters. The predicted molar refractivity (Wildman–Crippen MR) is 80.6 cm³/mol. The highest BCUT2D eigenvalue weighted by atomic mass is 35.7. The Morgan fingerprint density at radius 2 is 1.95 bits per heavy atom. The number of hydrogen-bond donors (Lipinski definition) is 1. The molecule has 1 fully saturated rings. The molecule has 0 aromatic heterocycles. The van der Waals surface area contributed by atoms with E-state index < -0.39 is 15.1 Å². The van der Waals surface area contributed by atoms with Crippen molar-refractivity contribution in [2.24, 2.45) is 5.41 Å². The Bertz CT molecular complexity index is 584. The summed E-state index contributed by atoms with van der Waals surface area (Å²) in [6.45, 7) is 0.605. The number of amides is 1. The van der Waals surface area contributed by atoms with Crippen molar-refractivity contribution in [1.29, 1.82) is 0 Å². The van der Waals surface area contributed by atoms with E-state index in [9.17, 15) is 13.2 Å². The molecule has 1 aromatic carbocycles. The smallest absolute Gasteiger partial charge is 0.407 e. The summed E-state index contributed by atoms with van der Waals surface area (Å²) >= 11 is 0. The number of nitrogens with one attached hydrogen (secondary N) is 1. The molecular formula is C14H18ClNO4S. The molecule has 1 saturated carbocycles. The topological polar surface area (TPSA) is 72.5 Å². The van der Waals surface area contributed by atoms with E-state index in [0.717, 1.165) is 18.4 Å². The third-order valence-electron chi connectivity index (χ3n) is 3.57. The zero-order valence-corrected chi connectivity index (χ0v) is 13.1. The number of alkyl carbamates (subject to hydrolysis) is 1. The summed E-state index contributed by atoms with van der Waals surface area (Å²) in [4.78, 5) is 11.5. The standard InChI is InChI=1S/C14H18ClNO4S/c15-21(18,19)11-14(6-7-14)8-9-16-13(17)20-10-12-4-2-1-3-5-12/h1-5H,6-11H2,(H,16,17). The Morgan fingerprint density at radius 3 is 2.52 bits per heavy atom. The van der Waals surface area contributed by atoms with Crippen LogP contribution in [0.25, 0.3) is 0 Å². The highest BCUT2D eigenvalue weighted by Crippen LogP contribution is 2.50. The Hall–Kier alpha value is -1.27. The van der Waals surface area contributed by atoms with E-state index in [1.54, 1.807) is 0 Å². The Balaban J connectivity index is 1.66. The van der Waals surface area contributed by atoms with Crippen LogP contribution in [0.2, 0.25) is 0 Å². The van der Waals surface area contributed by atoms with E-state index in [4.69, 9.17) is 15.4 Å². The summed E-state index contributed by atoms with van der Waals surface area (Å²) in [5, 5.41) is 2.64. The maximum Gasteiger partial charge on any atom is 0.407 e. The van der Waals surface area contributed by atoms with Crippen LogP contribution in [0.1, 0.15) is 24.8 Å². The maximum absolute atomic E-state index is 11.5. The number of carbonyl (C=O) groups excluding carboxylic acids is 1. The second-order valence-electron chi connectivity index (χ2n) is 5.42. The molecule has 0 bridgehead atoms. The molecule has 21 heavy (non-hydrogen) atoms. The van der Waals surface area contributed by atoms with Crippen LogP contribution in [0.15, 0.2) is 30.3 Å². The molecule has 7 heteroatoms. The fourth-order valence-electron chi connectivity index (χ4n) is 2.21. The van der Waals surface area contributed by atoms with Gasteiger partial charge in [-0.2, -0.15) is 0 Å². The lowest BCUT2D eigenvalue weighted by molar-refractivity contribution is 0.139. The van der Waals surface area contributed by atoms with Crippen LogP contribution in [-0.4, -0.2) is 26.8 Å². The molecule has 0 saturated heterocycles. The van der Waals surface area contributed by atoms with Gasteiger partial charge >= 0.3 is 6.09 Å². The van der Waals surface area contributed by atoms with Crippen LogP contribution in [0, 0.1) is 5.41 Å². The van der Waals surface area contributed by atoms with E-state index >= 15 is 0 Å². The fraction of sp³-hybridized carbons (Fsp3) is 0.500. The van der Waals surface area contributed by atoms with E-state index in [1.807, 2.05) is 30.3 Å². The molecule has 2 rings (SSSR count). The average molecular weight is 332 g/mol. The van der Waals surface area contributed by atoms with Crippen LogP contribution in [0.5, 0.6) is 0 Å². The van der Waals surface area contributed by atoms with Gasteiger partial charge in [-0.15, -0.1) is 0 Å². The quantitative estimate of drug-likeness (QED) is 0.780. The molecular weight excluding hydrogens is 314 g/mol. The van der Waals surface area contributed by atoms with Crippen molar-refractivity contribution in [2.45, 2.75) is 25.9 Å². The van der Waals surface area contributed by atoms with Gasteiger partial charge < -0.3 is 10.1 Å². The molecule has 0 radical (unpaired) electrons. The van der Waals surface area contributed by atoms with Gasteiger partial charge in [0, 0.05) is 17.2 Å². The van der Waals surface area contributed by atoms with Crippen molar-refractivity contribution in [3.8, 4) is 0 Å². The third-order valence-corrected chi connectivity index (χ3v) is 4.86.